The molecule has 1 heterocycles. The Morgan fingerprint density at radius 2 is 1.43 bits per heavy atom. The van der Waals surface area contributed by atoms with E-state index in [-0.39, 0.29) is 5.78 Å². The van der Waals surface area contributed by atoms with Gasteiger partial charge in [0.15, 0.2) is 0 Å². The summed E-state index contributed by atoms with van der Waals surface area (Å²) in [5.74, 6) is 0.844. The van der Waals surface area contributed by atoms with Gasteiger partial charge in [-0.05, 0) is 0 Å². The summed E-state index contributed by atoms with van der Waals surface area (Å²) in [6.07, 6.45) is 7.67. The zero-order valence-electron chi connectivity index (χ0n) is 15.7. The fourth-order valence-corrected chi connectivity index (χ4v) is 18.9. The summed E-state index contributed by atoms with van der Waals surface area (Å²) in [5, 5.41) is 0. The van der Waals surface area contributed by atoms with Crippen molar-refractivity contribution in [3.63, 3.8) is 0 Å². The summed E-state index contributed by atoms with van der Waals surface area (Å²) in [6.45, 7) is 10.4. The first-order chi connectivity index (χ1) is 11.0. The molecule has 1 rings (SSSR count). The molecule has 0 radical (unpaired) electrons. The fraction of sp³-hybridized carbons (Fsp3) is 0.737. The van der Waals surface area contributed by atoms with Crippen molar-refractivity contribution in [3.05, 3.63) is 17.6 Å². The van der Waals surface area contributed by atoms with Crippen LogP contribution in [0.25, 0.3) is 0 Å². The van der Waals surface area contributed by atoms with Crippen LogP contribution in [0.5, 0.6) is 0 Å². The molecule has 0 aliphatic carbocycles. The van der Waals surface area contributed by atoms with Crippen LogP contribution in [-0.2, 0) is 0 Å². The van der Waals surface area contributed by atoms with Crippen LogP contribution in [0.2, 0.25) is 13.3 Å². The summed E-state index contributed by atoms with van der Waals surface area (Å²) in [6, 6.07) is 2.06. The van der Waals surface area contributed by atoms with Gasteiger partial charge in [0.2, 0.25) is 0 Å². The van der Waals surface area contributed by atoms with E-state index in [4.69, 9.17) is 4.98 Å². The molecule has 0 atom stereocenters. The van der Waals surface area contributed by atoms with Gasteiger partial charge in [-0.25, -0.2) is 0 Å². The first-order valence-electron chi connectivity index (χ1n) is 9.36. The van der Waals surface area contributed by atoms with E-state index in [0.29, 0.717) is 5.69 Å². The first kappa shape index (κ1) is 20.6. The quantitative estimate of drug-likeness (QED) is 0.369. The number of hydrogen-bond acceptors (Lipinski definition) is 3. The Labute approximate surface area is 146 Å². The summed E-state index contributed by atoms with van der Waals surface area (Å²) in [7, 11) is 0. The van der Waals surface area contributed by atoms with Gasteiger partial charge in [0.25, 0.3) is 0 Å². The van der Waals surface area contributed by atoms with Crippen LogP contribution in [0.4, 0.5) is 0 Å². The van der Waals surface area contributed by atoms with Crippen molar-refractivity contribution >= 4 is 27.9 Å². The fourth-order valence-electron chi connectivity index (χ4n) is 3.32. The first-order valence-corrected chi connectivity index (χ1v) is 16.8. The molecule has 3 nitrogen and oxygen atoms in total. The Balaban J connectivity index is 3.30. The second kappa shape index (κ2) is 10.4. The van der Waals surface area contributed by atoms with Gasteiger partial charge in [-0.1, -0.05) is 0 Å². The number of nitrogens with zero attached hydrogens (tertiary/aromatic N) is 2. The zero-order chi connectivity index (χ0) is 17.3. The standard InChI is InChI=1S/C7H7N2O.3C4H9.Sn/c1-5(10)7-3-4-8-6(2)9-7;3*1-3-4-2;/h3H,1-2H3;3*1,3-4H2,2H3;. The monoisotopic (exact) mass is 426 g/mol. The van der Waals surface area contributed by atoms with Crippen molar-refractivity contribution in [1.29, 1.82) is 0 Å². The molecule has 0 aromatic carbocycles. The number of aryl methyl sites for hydroxylation is 1. The normalized spacial score (nSPS) is 11.7. The molecule has 130 valence electrons. The second-order valence-corrected chi connectivity index (χ2v) is 19.9. The van der Waals surface area contributed by atoms with Gasteiger partial charge in [-0.2, -0.15) is 0 Å². The SMILES string of the molecule is CCC[CH2][Sn]([CH2]CCC)([CH2]CCC)[c]1cc(C(C)=O)nc(C)n1. The Morgan fingerprint density at radius 1 is 0.957 bits per heavy atom. The number of rotatable bonds is 11. The molecule has 0 saturated heterocycles. The van der Waals surface area contributed by atoms with Gasteiger partial charge in [0.1, 0.15) is 0 Å². The number of aromatic nitrogens is 2. The van der Waals surface area contributed by atoms with Crippen LogP contribution < -0.4 is 3.71 Å². The Bertz CT molecular complexity index is 480. The average Bonchev–Trinajstić information content (AvgIpc) is 2.54. The molecule has 0 spiro atoms. The number of carbonyl (C=O) groups excluding carboxylic acids is 1. The average molecular weight is 425 g/mol. The van der Waals surface area contributed by atoms with E-state index in [9.17, 15) is 4.79 Å². The molecule has 0 unspecified atom stereocenters. The summed E-state index contributed by atoms with van der Waals surface area (Å²) in [4.78, 5) is 21.1. The Hall–Kier alpha value is -0.451. The molecule has 0 N–H and O–H groups in total. The van der Waals surface area contributed by atoms with Crippen LogP contribution in [0.15, 0.2) is 6.07 Å². The van der Waals surface area contributed by atoms with E-state index < -0.39 is 18.4 Å². The third-order valence-electron chi connectivity index (χ3n) is 4.77. The molecule has 4 heteroatoms. The third kappa shape index (κ3) is 6.16. The van der Waals surface area contributed by atoms with E-state index in [1.807, 2.05) is 6.92 Å². The van der Waals surface area contributed by atoms with Crippen molar-refractivity contribution in [2.24, 2.45) is 0 Å². The molecular formula is C19H34N2OSn. The van der Waals surface area contributed by atoms with Gasteiger partial charge >= 0.3 is 147 Å². The van der Waals surface area contributed by atoms with Crippen molar-refractivity contribution in [2.75, 3.05) is 0 Å². The van der Waals surface area contributed by atoms with Crippen LogP contribution in [0, 0.1) is 6.92 Å². The molecule has 1 aromatic rings. The molecule has 0 amide bonds. The van der Waals surface area contributed by atoms with Crippen molar-refractivity contribution in [3.8, 4) is 0 Å². The summed E-state index contributed by atoms with van der Waals surface area (Å²) >= 11 is -2.55. The zero-order valence-corrected chi connectivity index (χ0v) is 18.6. The molecular weight excluding hydrogens is 391 g/mol. The van der Waals surface area contributed by atoms with Crippen molar-refractivity contribution in [1.82, 2.24) is 9.97 Å². The molecule has 1 aromatic heterocycles. The third-order valence-corrected chi connectivity index (χ3v) is 19.8. The number of hydrogen-bond donors (Lipinski definition) is 0. The van der Waals surface area contributed by atoms with Gasteiger partial charge in [-0.3, -0.25) is 0 Å². The van der Waals surface area contributed by atoms with Crippen LogP contribution in [-0.4, -0.2) is 34.1 Å². The van der Waals surface area contributed by atoms with Gasteiger partial charge in [0, 0.05) is 0 Å². The summed E-state index contributed by atoms with van der Waals surface area (Å²) in [5.41, 5.74) is 0.623. The Kier molecular flexibility index (Phi) is 9.33. The predicted molar refractivity (Wildman–Crippen MR) is 101 cm³/mol. The van der Waals surface area contributed by atoms with Gasteiger partial charge in [-0.15, -0.1) is 0 Å². The molecule has 0 aliphatic heterocycles. The molecule has 0 bridgehead atoms. The second-order valence-electron chi connectivity index (χ2n) is 6.83. The number of carbonyl (C=O) groups is 1. The van der Waals surface area contributed by atoms with E-state index in [1.54, 1.807) is 6.92 Å². The maximum atomic E-state index is 11.9. The Morgan fingerprint density at radius 3 is 1.83 bits per heavy atom. The number of ketones is 1. The van der Waals surface area contributed by atoms with E-state index in [0.717, 1.165) is 5.82 Å². The minimum atomic E-state index is -2.55. The van der Waals surface area contributed by atoms with E-state index >= 15 is 0 Å². The maximum absolute atomic E-state index is 11.9. The predicted octanol–water partition coefficient (Wildman–Crippen LogP) is 5.04. The van der Waals surface area contributed by atoms with Gasteiger partial charge < -0.3 is 0 Å². The molecule has 0 saturated carbocycles. The van der Waals surface area contributed by atoms with E-state index in [1.165, 1.54) is 55.5 Å². The molecule has 23 heavy (non-hydrogen) atoms. The number of unbranched alkanes of at least 4 members (excludes halogenated alkanes) is 3. The van der Waals surface area contributed by atoms with Crippen LogP contribution >= 0.6 is 0 Å². The van der Waals surface area contributed by atoms with Crippen LogP contribution in [0.1, 0.15) is 82.5 Å². The van der Waals surface area contributed by atoms with Crippen molar-refractivity contribution < 1.29 is 4.79 Å². The topological polar surface area (TPSA) is 42.9 Å². The number of Topliss-reactive ketones (excluding diaryl/α,β-unsaturated/α-hetero) is 1. The summed E-state index contributed by atoms with van der Waals surface area (Å²) < 4.78 is 5.43. The van der Waals surface area contributed by atoms with Crippen LogP contribution in [0.3, 0.4) is 0 Å². The van der Waals surface area contributed by atoms with Gasteiger partial charge in [0.05, 0.1) is 0 Å². The molecule has 0 fully saturated rings. The van der Waals surface area contributed by atoms with E-state index in [2.05, 4.69) is 31.8 Å². The minimum absolute atomic E-state index is 0.0680. The molecule has 0 aliphatic rings. The van der Waals surface area contributed by atoms with Crippen molar-refractivity contribution in [2.45, 2.75) is 86.5 Å².